The van der Waals surface area contributed by atoms with Crippen molar-refractivity contribution in [2.45, 2.75) is 51.1 Å². The number of aromatic nitrogens is 6. The number of halogens is 3. The highest BCUT2D eigenvalue weighted by Crippen LogP contribution is 2.24. The number of rotatable bonds is 11. The maximum atomic E-state index is 13.0. The first-order valence-corrected chi connectivity index (χ1v) is 24.6. The number of anilines is 2. The lowest BCUT2D eigenvalue weighted by Crippen LogP contribution is -2.28. The lowest BCUT2D eigenvalue weighted by molar-refractivity contribution is -0.0392. The summed E-state index contributed by atoms with van der Waals surface area (Å²) in [5, 5.41) is 0. The van der Waals surface area contributed by atoms with Gasteiger partial charge >= 0.3 is 0 Å². The van der Waals surface area contributed by atoms with Gasteiger partial charge in [-0.2, -0.15) is 0 Å². The molecule has 2 amide bonds. The molecule has 0 unspecified atom stereocenters. The first kappa shape index (κ1) is 50.9. The van der Waals surface area contributed by atoms with E-state index in [0.717, 1.165) is 84.9 Å². The molecule has 6 heterocycles. The van der Waals surface area contributed by atoms with Crippen molar-refractivity contribution in [1.82, 2.24) is 29.1 Å². The maximum absolute atomic E-state index is 13.0. The van der Waals surface area contributed by atoms with Gasteiger partial charge in [-0.25, -0.2) is 9.97 Å². The van der Waals surface area contributed by atoms with Crippen molar-refractivity contribution >= 4 is 84.3 Å². The van der Waals surface area contributed by atoms with Gasteiger partial charge in [0.15, 0.2) is 0 Å². The van der Waals surface area contributed by atoms with E-state index in [4.69, 9.17) is 18.9 Å². The first-order chi connectivity index (χ1) is 31.1. The first-order valence-electron chi connectivity index (χ1n) is 20.8. The molecule has 8 rings (SSSR count). The van der Waals surface area contributed by atoms with E-state index >= 15 is 0 Å². The van der Waals surface area contributed by atoms with Crippen LogP contribution in [-0.4, -0.2) is 96.0 Å². The van der Waals surface area contributed by atoms with Gasteiger partial charge in [0.2, 0.25) is 0 Å². The van der Waals surface area contributed by atoms with Crippen LogP contribution in [0.5, 0.6) is 0 Å². The van der Waals surface area contributed by atoms with Crippen molar-refractivity contribution in [3.8, 4) is 11.4 Å². The van der Waals surface area contributed by atoms with Crippen molar-refractivity contribution in [3.63, 3.8) is 0 Å². The zero-order valence-corrected chi connectivity index (χ0v) is 42.5. The quantitative estimate of drug-likeness (QED) is 0.0911. The molecule has 17 heteroatoms. The number of hydrogen-bond donors (Lipinski definition) is 0. The third kappa shape index (κ3) is 15.8. The van der Waals surface area contributed by atoms with E-state index in [1.807, 2.05) is 60.1 Å². The van der Waals surface area contributed by atoms with Crippen molar-refractivity contribution in [2.24, 2.45) is 14.1 Å². The highest BCUT2D eigenvalue weighted by molar-refractivity contribution is 14.2. The fraction of sp³-hybridized carbons (Fsp3) is 0.362. The molecule has 0 bridgehead atoms. The average molecular weight is 1160 g/mol. The van der Waals surface area contributed by atoms with E-state index in [0.29, 0.717) is 30.7 Å². The zero-order valence-electron chi connectivity index (χ0n) is 36.6. The molecule has 2 fully saturated rings. The van der Waals surface area contributed by atoms with Gasteiger partial charge in [-0.1, -0.05) is 91.4 Å². The standard InChI is InChI=1S/C23H26N4O3.C12H15BrO2.C11H12N4O.CH2I2/c1-26(19-7-4-10-24-14-19)23(28)21-15-25-22(27(21)2)18-6-3-5-17(13-18)16-30-20-8-11-29-12-9-20;13-11-3-1-2-10(8-11)9-15-12-4-6-14-7-5-12;1-14-8-13-7-10(14)11(16)15(2)9-4-3-5-12-6-9;2-1-3/h3-7,10,13-15,20H,8-9,11-12,16H2,1-2H3;1-3,8,12H,4-7,9H2;3-8H,1-2H3;1H2. The monoisotopic (exact) mass is 1160 g/mol. The number of carbonyl (C=O) groups excluding carboxylic acids is 2. The second-order valence-corrected chi connectivity index (χ2v) is 20.1. The van der Waals surface area contributed by atoms with Gasteiger partial charge in [0.1, 0.15) is 17.2 Å². The number of hydrogen-bond acceptors (Lipinski definition) is 10. The van der Waals surface area contributed by atoms with Crippen molar-refractivity contribution < 1.29 is 28.5 Å². The van der Waals surface area contributed by atoms with Crippen molar-refractivity contribution in [1.29, 1.82) is 0 Å². The zero-order chi connectivity index (χ0) is 45.7. The van der Waals surface area contributed by atoms with Crippen molar-refractivity contribution in [2.75, 3.05) is 52.8 Å². The molecule has 2 aromatic carbocycles. The topological polar surface area (TPSA) is 139 Å². The Morgan fingerprint density at radius 3 is 1.70 bits per heavy atom. The van der Waals surface area contributed by atoms with Crippen LogP contribution in [0.1, 0.15) is 57.8 Å². The summed E-state index contributed by atoms with van der Waals surface area (Å²) in [7, 11) is 7.10. The number of amides is 2. The summed E-state index contributed by atoms with van der Waals surface area (Å²) < 4.78 is 28.3. The fourth-order valence-corrected chi connectivity index (χ4v) is 7.11. The molecule has 64 heavy (non-hydrogen) atoms. The summed E-state index contributed by atoms with van der Waals surface area (Å²) in [6.07, 6.45) is 16.0. The summed E-state index contributed by atoms with van der Waals surface area (Å²) in [5.74, 6) is 0.502. The Hall–Kier alpha value is -4.12. The van der Waals surface area contributed by atoms with E-state index < -0.39 is 0 Å². The summed E-state index contributed by atoms with van der Waals surface area (Å²) >= 11 is 8.00. The maximum Gasteiger partial charge on any atom is 0.276 e. The van der Waals surface area contributed by atoms with Crippen LogP contribution in [0.4, 0.5) is 11.4 Å². The van der Waals surface area contributed by atoms with Crippen LogP contribution in [0.25, 0.3) is 11.4 Å². The van der Waals surface area contributed by atoms with E-state index in [1.54, 1.807) is 85.1 Å². The van der Waals surface area contributed by atoms with Crippen LogP contribution in [0.15, 0.2) is 121 Å². The van der Waals surface area contributed by atoms with E-state index in [1.165, 1.54) is 8.00 Å². The number of alkyl halides is 2. The number of carbonyl (C=O) groups is 2. The average Bonchev–Trinajstić information content (AvgIpc) is 3.96. The molecule has 2 aliphatic heterocycles. The number of imidazole rings is 2. The number of aryl methyl sites for hydroxylation is 1. The smallest absolute Gasteiger partial charge is 0.276 e. The molecule has 0 spiro atoms. The molecule has 6 aromatic rings. The Kier molecular flexibility index (Phi) is 21.8. The Labute approximate surface area is 411 Å². The van der Waals surface area contributed by atoms with Crippen LogP contribution in [0, 0.1) is 0 Å². The number of pyridine rings is 2. The minimum Gasteiger partial charge on any atom is -0.381 e. The second kappa shape index (κ2) is 27.4. The molecule has 4 aromatic heterocycles. The van der Waals surface area contributed by atoms with Crippen LogP contribution >= 0.6 is 61.1 Å². The second-order valence-electron chi connectivity index (χ2n) is 14.7. The highest BCUT2D eigenvalue weighted by Gasteiger charge is 2.21. The van der Waals surface area contributed by atoms with Gasteiger partial charge in [0.25, 0.3) is 11.8 Å². The Morgan fingerprint density at radius 2 is 1.22 bits per heavy atom. The third-order valence-corrected chi connectivity index (χ3v) is 10.8. The van der Waals surface area contributed by atoms with Gasteiger partial charge < -0.3 is 37.9 Å². The molecule has 2 aliphatic rings. The lowest BCUT2D eigenvalue weighted by atomic mass is 10.1. The fourth-order valence-electron chi connectivity index (χ4n) is 6.66. The van der Waals surface area contributed by atoms with Gasteiger partial charge in [-0.05, 0) is 79.3 Å². The number of nitrogens with zero attached hydrogens (tertiary/aromatic N) is 8. The van der Waals surface area contributed by atoms with Crippen LogP contribution in [0.2, 0.25) is 0 Å². The minimum atomic E-state index is -0.136. The molecule has 0 N–H and O–H groups in total. The third-order valence-electron chi connectivity index (χ3n) is 10.3. The molecule has 14 nitrogen and oxygen atoms in total. The molecule has 2 saturated heterocycles. The van der Waals surface area contributed by atoms with Gasteiger partial charge in [0.05, 0.1) is 70.3 Å². The summed E-state index contributed by atoms with van der Waals surface area (Å²) in [6, 6.07) is 23.6. The molecule has 0 radical (unpaired) electrons. The largest absolute Gasteiger partial charge is 0.381 e. The van der Waals surface area contributed by atoms with Gasteiger partial charge in [-0.3, -0.25) is 19.6 Å². The molecule has 0 aliphatic carbocycles. The predicted molar refractivity (Wildman–Crippen MR) is 270 cm³/mol. The van der Waals surface area contributed by atoms with E-state index in [-0.39, 0.29) is 17.9 Å². The van der Waals surface area contributed by atoms with Gasteiger partial charge in [0, 0.05) is 77.0 Å². The molecular formula is C47H55BrI2N8O6. The molecule has 0 atom stereocenters. The Bertz CT molecular complexity index is 2310. The molecular weight excluding hydrogens is 1110 g/mol. The summed E-state index contributed by atoms with van der Waals surface area (Å²) in [6.45, 7) is 4.46. The lowest BCUT2D eigenvalue weighted by Gasteiger charge is -2.22. The molecule has 340 valence electrons. The summed E-state index contributed by atoms with van der Waals surface area (Å²) in [4.78, 5) is 44.6. The van der Waals surface area contributed by atoms with Crippen LogP contribution in [-0.2, 0) is 46.3 Å². The van der Waals surface area contributed by atoms with E-state index in [9.17, 15) is 9.59 Å². The van der Waals surface area contributed by atoms with Gasteiger partial charge in [-0.15, -0.1) is 0 Å². The number of ether oxygens (including phenoxy) is 4. The molecule has 0 saturated carbocycles. The summed E-state index contributed by atoms with van der Waals surface area (Å²) in [5.41, 5.74) is 5.81. The SMILES string of the molecule is Brc1cccc(COC2CCOCC2)c1.CN(C(=O)c1cnc(-c2cccc(COC3CCOCC3)c2)n1C)c1cccnc1.CN(C(=O)c1cncn1C)c1cccnc1.ICI. The minimum absolute atomic E-state index is 0.104. The van der Waals surface area contributed by atoms with E-state index in [2.05, 4.69) is 99.2 Å². The van der Waals surface area contributed by atoms with Crippen LogP contribution < -0.4 is 9.80 Å². The highest BCUT2D eigenvalue weighted by atomic mass is 127. The normalized spacial score (nSPS) is 13.9. The Balaban J connectivity index is 0.000000191. The van der Waals surface area contributed by atoms with Crippen molar-refractivity contribution in [3.05, 3.63) is 143 Å². The predicted octanol–water partition coefficient (Wildman–Crippen LogP) is 9.50. The van der Waals surface area contributed by atoms with Crippen LogP contribution in [0.3, 0.4) is 0 Å². The number of benzene rings is 2. The Morgan fingerprint density at radius 1 is 0.703 bits per heavy atom.